The minimum absolute atomic E-state index is 0.0547. The van der Waals surface area contributed by atoms with Crippen LogP contribution in [0.5, 0.6) is 5.75 Å². The van der Waals surface area contributed by atoms with Gasteiger partial charge >= 0.3 is 0 Å². The fourth-order valence-corrected chi connectivity index (χ4v) is 3.46. The first kappa shape index (κ1) is 20.3. The molecule has 2 aromatic carbocycles. The lowest BCUT2D eigenvalue weighted by Crippen LogP contribution is -3.28. The lowest BCUT2D eigenvalue weighted by Gasteiger charge is -2.29. The van der Waals surface area contributed by atoms with Gasteiger partial charge in [-0.25, -0.2) is 5.43 Å². The second kappa shape index (κ2) is 10.2. The van der Waals surface area contributed by atoms with Gasteiger partial charge in [0.25, 0.3) is 5.91 Å². The van der Waals surface area contributed by atoms with Crippen molar-refractivity contribution >= 4 is 23.7 Å². The van der Waals surface area contributed by atoms with E-state index in [0.717, 1.165) is 49.1 Å². The average Bonchev–Trinajstić information content (AvgIpc) is 2.72. The highest BCUT2D eigenvalue weighted by Crippen LogP contribution is 2.09. The first-order valence-electron chi connectivity index (χ1n) is 9.50. The molecule has 0 saturated carbocycles. The first-order valence-corrected chi connectivity index (χ1v) is 9.88. The van der Waals surface area contributed by atoms with Crippen LogP contribution < -0.4 is 20.0 Å². The Bertz CT molecular complexity index is 785. The summed E-state index contributed by atoms with van der Waals surface area (Å²) in [5, 5.41) is 4.82. The number of carbonyl (C=O) groups excluding carboxylic acids is 1. The molecule has 3 rings (SSSR count). The molecule has 0 spiro atoms. The third kappa shape index (κ3) is 6.34. The fraction of sp³-hybridized carbons (Fsp3) is 0.333. The van der Waals surface area contributed by atoms with E-state index in [4.69, 9.17) is 16.3 Å². The Kier molecular flexibility index (Phi) is 7.42. The molecular weight excluding hydrogens is 376 g/mol. The van der Waals surface area contributed by atoms with E-state index in [2.05, 4.69) is 22.7 Å². The Morgan fingerprint density at radius 1 is 1.07 bits per heavy atom. The number of methoxy groups -OCH3 is 1. The minimum Gasteiger partial charge on any atom is -0.497 e. The summed E-state index contributed by atoms with van der Waals surface area (Å²) in [5.41, 5.74) is 4.83. The Labute approximate surface area is 170 Å². The number of hydrazone groups is 1. The van der Waals surface area contributed by atoms with Crippen molar-refractivity contribution in [3.8, 4) is 5.75 Å². The third-order valence-electron chi connectivity index (χ3n) is 4.96. The van der Waals surface area contributed by atoms with Gasteiger partial charge in [-0.05, 0) is 42.0 Å². The van der Waals surface area contributed by atoms with Crippen LogP contribution in [0.3, 0.4) is 0 Å². The average molecular weight is 403 g/mol. The maximum atomic E-state index is 12.1. The van der Waals surface area contributed by atoms with Gasteiger partial charge in [0.1, 0.15) is 38.5 Å². The quantitative estimate of drug-likeness (QED) is 0.443. The number of amides is 1. The molecule has 1 saturated heterocycles. The van der Waals surface area contributed by atoms with E-state index < -0.39 is 0 Å². The summed E-state index contributed by atoms with van der Waals surface area (Å²) in [4.78, 5) is 15.0. The van der Waals surface area contributed by atoms with Crippen molar-refractivity contribution in [1.82, 2.24) is 5.43 Å². The van der Waals surface area contributed by atoms with Gasteiger partial charge in [0.2, 0.25) is 0 Å². The molecule has 0 bridgehead atoms. The second-order valence-corrected chi connectivity index (χ2v) is 7.48. The van der Waals surface area contributed by atoms with Crippen molar-refractivity contribution in [2.24, 2.45) is 5.10 Å². The monoisotopic (exact) mass is 402 g/mol. The van der Waals surface area contributed by atoms with Gasteiger partial charge in [0, 0.05) is 10.6 Å². The topological polar surface area (TPSA) is 59.6 Å². The number of nitrogens with zero attached hydrogens (tertiary/aromatic N) is 1. The lowest BCUT2D eigenvalue weighted by molar-refractivity contribution is -1.02. The van der Waals surface area contributed by atoms with Crippen LogP contribution in [0.15, 0.2) is 53.6 Å². The standard InChI is InChI=1S/C21H25ClN4O2/c1-28-20-8-4-17(5-9-20)14-23-24-21(27)16-26-12-10-25(11-13-26)15-18-2-6-19(22)7-3-18/h2-9,14H,10-13,15-16H2,1H3,(H,24,27)/p+2/b23-14-. The smallest absolute Gasteiger partial charge is 0.295 e. The number of rotatable bonds is 7. The van der Waals surface area contributed by atoms with E-state index in [0.29, 0.717) is 6.54 Å². The van der Waals surface area contributed by atoms with E-state index in [-0.39, 0.29) is 5.91 Å². The number of quaternary nitrogens is 2. The zero-order chi connectivity index (χ0) is 19.8. The van der Waals surface area contributed by atoms with Crippen molar-refractivity contribution in [1.29, 1.82) is 0 Å². The first-order chi connectivity index (χ1) is 13.6. The van der Waals surface area contributed by atoms with Gasteiger partial charge in [-0.2, -0.15) is 5.10 Å². The Morgan fingerprint density at radius 2 is 1.71 bits per heavy atom. The summed E-state index contributed by atoms with van der Waals surface area (Å²) in [7, 11) is 1.63. The second-order valence-electron chi connectivity index (χ2n) is 7.05. The Morgan fingerprint density at radius 3 is 2.36 bits per heavy atom. The number of nitrogens with one attached hydrogen (secondary N) is 3. The van der Waals surface area contributed by atoms with E-state index in [1.807, 2.05) is 36.4 Å². The molecule has 1 amide bonds. The van der Waals surface area contributed by atoms with Crippen LogP contribution in [0, 0.1) is 0 Å². The highest BCUT2D eigenvalue weighted by atomic mass is 35.5. The molecule has 6 nitrogen and oxygen atoms in total. The van der Waals surface area contributed by atoms with Crippen LogP contribution >= 0.6 is 11.6 Å². The van der Waals surface area contributed by atoms with Crippen molar-refractivity contribution < 1.29 is 19.3 Å². The molecule has 1 fully saturated rings. The fourth-order valence-electron chi connectivity index (χ4n) is 3.34. The van der Waals surface area contributed by atoms with Crippen LogP contribution in [0.1, 0.15) is 11.1 Å². The molecule has 1 aliphatic heterocycles. The predicted molar refractivity (Wildman–Crippen MR) is 110 cm³/mol. The van der Waals surface area contributed by atoms with E-state index in [9.17, 15) is 4.79 Å². The molecule has 0 aromatic heterocycles. The van der Waals surface area contributed by atoms with Crippen molar-refractivity contribution in [2.45, 2.75) is 6.54 Å². The van der Waals surface area contributed by atoms with Crippen LogP contribution in [0.25, 0.3) is 0 Å². The van der Waals surface area contributed by atoms with E-state index in [1.54, 1.807) is 18.2 Å². The number of hydrogen-bond donors (Lipinski definition) is 3. The maximum absolute atomic E-state index is 12.1. The molecule has 2 aromatic rings. The molecule has 0 unspecified atom stereocenters. The van der Waals surface area contributed by atoms with Gasteiger partial charge in [0.05, 0.1) is 13.3 Å². The number of hydrogen-bond acceptors (Lipinski definition) is 3. The van der Waals surface area contributed by atoms with Gasteiger partial charge in [-0.3, -0.25) is 4.79 Å². The van der Waals surface area contributed by atoms with Crippen molar-refractivity contribution in [2.75, 3.05) is 39.8 Å². The van der Waals surface area contributed by atoms with Crippen LogP contribution in [0.4, 0.5) is 0 Å². The molecule has 7 heteroatoms. The van der Waals surface area contributed by atoms with Crippen molar-refractivity contribution in [3.05, 3.63) is 64.7 Å². The Balaban J connectivity index is 1.37. The van der Waals surface area contributed by atoms with Crippen LogP contribution in [-0.2, 0) is 11.3 Å². The van der Waals surface area contributed by atoms with Crippen LogP contribution in [-0.4, -0.2) is 52.0 Å². The van der Waals surface area contributed by atoms with Gasteiger partial charge in [0.15, 0.2) is 6.54 Å². The zero-order valence-electron chi connectivity index (χ0n) is 16.1. The summed E-state index contributed by atoms with van der Waals surface area (Å²) in [6.45, 7) is 5.54. The predicted octanol–water partition coefficient (Wildman–Crippen LogP) is -0.218. The summed E-state index contributed by atoms with van der Waals surface area (Å²) in [6, 6.07) is 15.6. The number of piperazine rings is 1. The third-order valence-corrected chi connectivity index (χ3v) is 5.21. The molecule has 28 heavy (non-hydrogen) atoms. The molecule has 3 N–H and O–H groups in total. The molecule has 1 heterocycles. The summed E-state index contributed by atoms with van der Waals surface area (Å²) < 4.78 is 5.12. The molecule has 148 valence electrons. The Hall–Kier alpha value is -2.41. The minimum atomic E-state index is -0.0547. The van der Waals surface area contributed by atoms with Gasteiger partial charge < -0.3 is 14.5 Å². The lowest BCUT2D eigenvalue weighted by atomic mass is 10.2. The molecular formula is C21H27ClN4O2+2. The summed E-state index contributed by atoms with van der Waals surface area (Å²) >= 11 is 5.94. The number of ether oxygens (including phenoxy) is 1. The highest BCUT2D eigenvalue weighted by molar-refractivity contribution is 6.30. The van der Waals surface area contributed by atoms with E-state index >= 15 is 0 Å². The summed E-state index contributed by atoms with van der Waals surface area (Å²) in [5.74, 6) is 0.739. The molecule has 0 radical (unpaired) electrons. The normalized spacial score (nSPS) is 19.5. The highest BCUT2D eigenvalue weighted by Gasteiger charge is 2.24. The number of carbonyl (C=O) groups is 1. The summed E-state index contributed by atoms with van der Waals surface area (Å²) in [6.07, 6.45) is 1.64. The molecule has 0 atom stereocenters. The largest absolute Gasteiger partial charge is 0.497 e. The van der Waals surface area contributed by atoms with E-state index in [1.165, 1.54) is 10.5 Å². The number of halogens is 1. The zero-order valence-corrected chi connectivity index (χ0v) is 16.8. The van der Waals surface area contributed by atoms with Gasteiger partial charge in [-0.15, -0.1) is 0 Å². The molecule has 1 aliphatic rings. The van der Waals surface area contributed by atoms with Crippen LogP contribution in [0.2, 0.25) is 5.02 Å². The molecule has 0 aliphatic carbocycles. The van der Waals surface area contributed by atoms with Crippen molar-refractivity contribution in [3.63, 3.8) is 0 Å². The maximum Gasteiger partial charge on any atom is 0.295 e. The SMILES string of the molecule is COc1ccc(/C=N\NC(=O)C[NH+]2CC[NH+](Cc3ccc(Cl)cc3)CC2)cc1. The van der Waals surface area contributed by atoms with Gasteiger partial charge in [-0.1, -0.05) is 23.7 Å². The number of benzene rings is 2.